The van der Waals surface area contributed by atoms with E-state index in [0.29, 0.717) is 15.8 Å². The highest BCUT2D eigenvalue weighted by Gasteiger charge is 2.33. The van der Waals surface area contributed by atoms with Crippen molar-refractivity contribution in [2.24, 2.45) is 0 Å². The lowest BCUT2D eigenvalue weighted by molar-refractivity contribution is 0.0450. The standard InChI is InChI=1S/C18H13Cl2NO5/c1-21-16(22)12-4-2-10(8-13(12)17(21)23)18(24)26-7-6-25-15-5-3-11(19)9-14(15)20/h2-5,8-9H,6-7H2,1H3. The van der Waals surface area contributed by atoms with Crippen molar-refractivity contribution < 1.29 is 23.9 Å². The van der Waals surface area contributed by atoms with E-state index in [1.807, 2.05) is 0 Å². The van der Waals surface area contributed by atoms with Crippen LogP contribution in [0.25, 0.3) is 0 Å². The number of rotatable bonds is 5. The smallest absolute Gasteiger partial charge is 0.338 e. The van der Waals surface area contributed by atoms with Crippen LogP contribution in [0.4, 0.5) is 0 Å². The first-order chi connectivity index (χ1) is 12.4. The molecule has 0 saturated heterocycles. The fourth-order valence-corrected chi connectivity index (χ4v) is 2.91. The molecule has 0 aliphatic carbocycles. The van der Waals surface area contributed by atoms with Crippen molar-refractivity contribution >= 4 is 41.0 Å². The number of nitrogens with zero attached hydrogens (tertiary/aromatic N) is 1. The molecule has 26 heavy (non-hydrogen) atoms. The molecule has 2 aromatic carbocycles. The van der Waals surface area contributed by atoms with Crippen molar-refractivity contribution in [2.75, 3.05) is 20.3 Å². The molecule has 0 atom stereocenters. The van der Waals surface area contributed by atoms with Crippen LogP contribution < -0.4 is 4.74 Å². The molecule has 0 spiro atoms. The largest absolute Gasteiger partial charge is 0.488 e. The van der Waals surface area contributed by atoms with Crippen LogP contribution in [0.1, 0.15) is 31.1 Å². The van der Waals surface area contributed by atoms with E-state index in [1.165, 1.54) is 25.2 Å². The number of esters is 1. The third-order valence-corrected chi connectivity index (χ3v) is 4.32. The van der Waals surface area contributed by atoms with Gasteiger partial charge in [0.15, 0.2) is 0 Å². The van der Waals surface area contributed by atoms with Crippen molar-refractivity contribution in [2.45, 2.75) is 0 Å². The fourth-order valence-electron chi connectivity index (χ4n) is 2.45. The van der Waals surface area contributed by atoms with Crippen LogP contribution in [-0.2, 0) is 4.74 Å². The summed E-state index contributed by atoms with van der Waals surface area (Å²) in [5, 5.41) is 0.846. The van der Waals surface area contributed by atoms with Gasteiger partial charge in [-0.25, -0.2) is 4.79 Å². The Kier molecular flexibility index (Phi) is 5.15. The minimum atomic E-state index is -0.617. The van der Waals surface area contributed by atoms with Crippen molar-refractivity contribution in [3.63, 3.8) is 0 Å². The Balaban J connectivity index is 1.58. The van der Waals surface area contributed by atoms with E-state index >= 15 is 0 Å². The third-order valence-electron chi connectivity index (χ3n) is 3.79. The zero-order valence-electron chi connectivity index (χ0n) is 13.6. The molecule has 0 bridgehead atoms. The highest BCUT2D eigenvalue weighted by atomic mass is 35.5. The van der Waals surface area contributed by atoms with E-state index in [9.17, 15) is 14.4 Å². The van der Waals surface area contributed by atoms with Crippen molar-refractivity contribution in [1.82, 2.24) is 4.90 Å². The van der Waals surface area contributed by atoms with Crippen molar-refractivity contribution in [3.8, 4) is 5.75 Å². The van der Waals surface area contributed by atoms with E-state index in [2.05, 4.69) is 0 Å². The molecule has 1 heterocycles. The van der Waals surface area contributed by atoms with E-state index in [-0.39, 0.29) is 29.9 Å². The maximum Gasteiger partial charge on any atom is 0.338 e. The zero-order valence-corrected chi connectivity index (χ0v) is 15.1. The van der Waals surface area contributed by atoms with Gasteiger partial charge in [-0.15, -0.1) is 0 Å². The van der Waals surface area contributed by atoms with Gasteiger partial charge in [-0.05, 0) is 36.4 Å². The Morgan fingerprint density at radius 1 is 1.00 bits per heavy atom. The van der Waals surface area contributed by atoms with Crippen LogP contribution >= 0.6 is 23.2 Å². The second-order valence-corrected chi connectivity index (χ2v) is 6.33. The number of ether oxygens (including phenoxy) is 2. The second-order valence-electron chi connectivity index (χ2n) is 5.49. The molecule has 6 nitrogen and oxygen atoms in total. The number of amides is 2. The van der Waals surface area contributed by atoms with Crippen LogP contribution in [0.3, 0.4) is 0 Å². The molecule has 0 unspecified atom stereocenters. The number of benzene rings is 2. The van der Waals surface area contributed by atoms with Gasteiger partial charge in [0.1, 0.15) is 19.0 Å². The van der Waals surface area contributed by atoms with Gasteiger partial charge in [-0.1, -0.05) is 23.2 Å². The maximum absolute atomic E-state index is 12.1. The Labute approximate surface area is 159 Å². The monoisotopic (exact) mass is 393 g/mol. The average Bonchev–Trinajstić information content (AvgIpc) is 2.84. The Morgan fingerprint density at radius 2 is 1.73 bits per heavy atom. The predicted octanol–water partition coefficient (Wildman–Crippen LogP) is 3.46. The van der Waals surface area contributed by atoms with E-state index < -0.39 is 17.8 Å². The van der Waals surface area contributed by atoms with Crippen LogP contribution in [0.15, 0.2) is 36.4 Å². The first-order valence-corrected chi connectivity index (χ1v) is 8.35. The molecule has 134 valence electrons. The van der Waals surface area contributed by atoms with Crippen LogP contribution in [-0.4, -0.2) is 42.9 Å². The lowest BCUT2D eigenvalue weighted by Gasteiger charge is -2.09. The van der Waals surface area contributed by atoms with Gasteiger partial charge in [0.2, 0.25) is 0 Å². The summed E-state index contributed by atoms with van der Waals surface area (Å²) >= 11 is 11.8. The van der Waals surface area contributed by atoms with Crippen molar-refractivity contribution in [1.29, 1.82) is 0 Å². The summed E-state index contributed by atoms with van der Waals surface area (Å²) in [5.41, 5.74) is 0.649. The molecule has 0 fully saturated rings. The molecular weight excluding hydrogens is 381 g/mol. The summed E-state index contributed by atoms with van der Waals surface area (Å²) in [4.78, 5) is 36.9. The van der Waals surface area contributed by atoms with Gasteiger partial charge in [-0.2, -0.15) is 0 Å². The number of halogens is 2. The summed E-state index contributed by atoms with van der Waals surface area (Å²) in [6.07, 6.45) is 0. The number of hydrogen-bond acceptors (Lipinski definition) is 5. The molecule has 2 aromatic rings. The molecule has 8 heteroatoms. The average molecular weight is 394 g/mol. The van der Waals surface area contributed by atoms with Gasteiger partial charge < -0.3 is 9.47 Å². The van der Waals surface area contributed by atoms with Crippen LogP contribution in [0.2, 0.25) is 10.0 Å². The molecule has 1 aliphatic rings. The number of fused-ring (bicyclic) bond motifs is 1. The summed E-state index contributed by atoms with van der Waals surface area (Å²) < 4.78 is 10.5. The Hall–Kier alpha value is -2.57. The highest BCUT2D eigenvalue weighted by Crippen LogP contribution is 2.27. The van der Waals surface area contributed by atoms with E-state index in [1.54, 1.807) is 18.2 Å². The molecular formula is C18H13Cl2NO5. The van der Waals surface area contributed by atoms with E-state index in [0.717, 1.165) is 4.90 Å². The van der Waals surface area contributed by atoms with Gasteiger partial charge in [0.05, 0.1) is 21.7 Å². The predicted molar refractivity (Wildman–Crippen MR) is 95.1 cm³/mol. The molecule has 0 N–H and O–H groups in total. The quantitative estimate of drug-likeness (QED) is 0.441. The molecule has 0 aromatic heterocycles. The molecule has 0 saturated carbocycles. The number of carbonyl (C=O) groups is 3. The van der Waals surface area contributed by atoms with Crippen LogP contribution in [0, 0.1) is 0 Å². The summed E-state index contributed by atoms with van der Waals surface area (Å²) in [7, 11) is 1.39. The number of carbonyl (C=O) groups excluding carboxylic acids is 3. The highest BCUT2D eigenvalue weighted by molar-refractivity contribution is 6.35. The minimum absolute atomic E-state index is 0.0122. The lowest BCUT2D eigenvalue weighted by Crippen LogP contribution is -2.24. The van der Waals surface area contributed by atoms with Gasteiger partial charge in [0.25, 0.3) is 11.8 Å². The van der Waals surface area contributed by atoms with Crippen LogP contribution in [0.5, 0.6) is 5.75 Å². The van der Waals surface area contributed by atoms with E-state index in [4.69, 9.17) is 32.7 Å². The first kappa shape index (κ1) is 18.2. The second kappa shape index (κ2) is 7.35. The summed E-state index contributed by atoms with van der Waals surface area (Å²) in [6.45, 7) is 0.0832. The van der Waals surface area contributed by atoms with Gasteiger partial charge >= 0.3 is 5.97 Å². The zero-order chi connectivity index (χ0) is 18.8. The summed E-state index contributed by atoms with van der Waals surface area (Å²) in [6, 6.07) is 9.05. The van der Waals surface area contributed by atoms with Gasteiger partial charge in [0, 0.05) is 12.1 Å². The molecule has 1 aliphatic heterocycles. The van der Waals surface area contributed by atoms with Crippen molar-refractivity contribution in [3.05, 3.63) is 63.1 Å². The normalized spacial score (nSPS) is 13.0. The summed E-state index contributed by atoms with van der Waals surface area (Å²) in [5.74, 6) is -1.02. The SMILES string of the molecule is CN1C(=O)c2ccc(C(=O)OCCOc3ccc(Cl)cc3Cl)cc2C1=O. The number of hydrogen-bond donors (Lipinski definition) is 0. The molecule has 0 radical (unpaired) electrons. The minimum Gasteiger partial charge on any atom is -0.488 e. The third kappa shape index (κ3) is 3.52. The Bertz CT molecular complexity index is 912. The topological polar surface area (TPSA) is 72.9 Å². The maximum atomic E-state index is 12.1. The molecule has 2 amide bonds. The van der Waals surface area contributed by atoms with Gasteiger partial charge in [-0.3, -0.25) is 14.5 Å². The lowest BCUT2D eigenvalue weighted by atomic mass is 10.1. The Morgan fingerprint density at radius 3 is 2.46 bits per heavy atom. The first-order valence-electron chi connectivity index (χ1n) is 7.60. The fraction of sp³-hybridized carbons (Fsp3) is 0.167. The number of imide groups is 1. The molecule has 3 rings (SSSR count).